The number of nitrogens with one attached hydrogen (secondary N) is 2. The number of hydrogen-bond donors (Lipinski definition) is 2. The first kappa shape index (κ1) is 16.2. The third kappa shape index (κ3) is 2.72. The zero-order valence-corrected chi connectivity index (χ0v) is 13.8. The molecule has 7 heteroatoms. The van der Waals surface area contributed by atoms with Crippen LogP contribution in [0.15, 0.2) is 12.1 Å². The maximum Gasteiger partial charge on any atom is 0.255 e. The summed E-state index contributed by atoms with van der Waals surface area (Å²) in [4.78, 5) is 37.4. The van der Waals surface area contributed by atoms with Crippen molar-refractivity contribution in [3.05, 3.63) is 34.6 Å². The molecule has 0 aromatic heterocycles. The Morgan fingerprint density at radius 2 is 1.84 bits per heavy atom. The normalized spacial score (nSPS) is 24.4. The molecular formula is C18H20FN3O3. The number of amides is 3. The first-order valence-corrected chi connectivity index (χ1v) is 8.73. The van der Waals surface area contributed by atoms with E-state index in [4.69, 9.17) is 0 Å². The molecule has 6 nitrogen and oxygen atoms in total. The molecular weight excluding hydrogens is 325 g/mol. The first-order valence-electron chi connectivity index (χ1n) is 8.73. The molecule has 1 atom stereocenters. The average molecular weight is 345 g/mol. The molecule has 3 aliphatic rings. The number of benzene rings is 1. The van der Waals surface area contributed by atoms with Gasteiger partial charge >= 0.3 is 0 Å². The maximum absolute atomic E-state index is 15.1. The number of carbonyl (C=O) groups is 3. The monoisotopic (exact) mass is 345 g/mol. The average Bonchev–Trinajstić information content (AvgIpc) is 2.94. The van der Waals surface area contributed by atoms with E-state index in [0.29, 0.717) is 16.7 Å². The molecule has 2 fully saturated rings. The Kier molecular flexibility index (Phi) is 4.03. The van der Waals surface area contributed by atoms with Gasteiger partial charge in [-0.3, -0.25) is 19.7 Å². The molecule has 2 saturated heterocycles. The van der Waals surface area contributed by atoms with Gasteiger partial charge in [0.15, 0.2) is 0 Å². The van der Waals surface area contributed by atoms with Crippen molar-refractivity contribution in [2.45, 2.75) is 44.2 Å². The number of piperidine rings is 2. The quantitative estimate of drug-likeness (QED) is 0.786. The molecule has 3 amide bonds. The minimum absolute atomic E-state index is 0.0884. The van der Waals surface area contributed by atoms with Gasteiger partial charge in [0, 0.05) is 17.5 Å². The van der Waals surface area contributed by atoms with Crippen molar-refractivity contribution in [3.8, 4) is 0 Å². The van der Waals surface area contributed by atoms with Gasteiger partial charge in [-0.25, -0.2) is 4.39 Å². The SMILES string of the molecule is O=C1CCC(N2Cc3c(ccc(C4CCNCC4)c3F)C2=O)C(=O)N1. The molecule has 0 aliphatic carbocycles. The van der Waals surface area contributed by atoms with Crippen molar-refractivity contribution >= 4 is 17.7 Å². The minimum atomic E-state index is -0.709. The molecule has 0 bridgehead atoms. The van der Waals surface area contributed by atoms with Gasteiger partial charge in [-0.2, -0.15) is 0 Å². The molecule has 132 valence electrons. The van der Waals surface area contributed by atoms with E-state index < -0.39 is 11.9 Å². The van der Waals surface area contributed by atoms with Gasteiger partial charge in [0.2, 0.25) is 11.8 Å². The zero-order chi connectivity index (χ0) is 17.6. The maximum atomic E-state index is 15.1. The molecule has 4 rings (SSSR count). The van der Waals surface area contributed by atoms with E-state index in [1.807, 2.05) is 0 Å². The Bertz CT molecular complexity index is 758. The number of carbonyl (C=O) groups excluding carboxylic acids is 3. The van der Waals surface area contributed by atoms with E-state index >= 15 is 4.39 Å². The topological polar surface area (TPSA) is 78.5 Å². The van der Waals surface area contributed by atoms with Crippen molar-refractivity contribution in [2.24, 2.45) is 0 Å². The second kappa shape index (κ2) is 6.22. The predicted octanol–water partition coefficient (Wildman–Crippen LogP) is 1.05. The fourth-order valence-corrected chi connectivity index (χ4v) is 4.07. The second-order valence-electron chi connectivity index (χ2n) is 6.92. The summed E-state index contributed by atoms with van der Waals surface area (Å²) in [5, 5.41) is 5.52. The third-order valence-electron chi connectivity index (χ3n) is 5.46. The van der Waals surface area contributed by atoms with Crippen molar-refractivity contribution in [3.63, 3.8) is 0 Å². The number of imide groups is 1. The van der Waals surface area contributed by atoms with Gasteiger partial charge in [0.05, 0.1) is 6.54 Å². The summed E-state index contributed by atoms with van der Waals surface area (Å²) in [5.74, 6) is -1.29. The summed E-state index contributed by atoms with van der Waals surface area (Å²) in [6.45, 7) is 1.82. The molecule has 0 saturated carbocycles. The lowest BCUT2D eigenvalue weighted by molar-refractivity contribution is -0.136. The third-order valence-corrected chi connectivity index (χ3v) is 5.46. The van der Waals surface area contributed by atoms with Crippen LogP contribution in [-0.4, -0.2) is 41.8 Å². The van der Waals surface area contributed by atoms with E-state index in [1.165, 1.54) is 4.90 Å². The fraction of sp³-hybridized carbons (Fsp3) is 0.500. The highest BCUT2D eigenvalue weighted by atomic mass is 19.1. The Balaban J connectivity index is 1.61. The first-order chi connectivity index (χ1) is 12.1. The molecule has 0 radical (unpaired) electrons. The van der Waals surface area contributed by atoms with Gasteiger partial charge in [0.25, 0.3) is 5.91 Å². The molecule has 1 unspecified atom stereocenters. The molecule has 0 spiro atoms. The largest absolute Gasteiger partial charge is 0.322 e. The summed E-state index contributed by atoms with van der Waals surface area (Å²) in [5.41, 5.74) is 1.38. The Labute approximate surface area is 144 Å². The van der Waals surface area contributed by atoms with Crippen LogP contribution in [0.5, 0.6) is 0 Å². The van der Waals surface area contributed by atoms with E-state index in [0.717, 1.165) is 25.9 Å². The number of fused-ring (bicyclic) bond motifs is 1. The van der Waals surface area contributed by atoms with E-state index in [9.17, 15) is 14.4 Å². The predicted molar refractivity (Wildman–Crippen MR) is 87.3 cm³/mol. The fourth-order valence-electron chi connectivity index (χ4n) is 4.07. The van der Waals surface area contributed by atoms with Crippen molar-refractivity contribution in [1.82, 2.24) is 15.5 Å². The van der Waals surface area contributed by atoms with Crippen LogP contribution in [0.1, 0.15) is 53.1 Å². The van der Waals surface area contributed by atoms with E-state index in [1.54, 1.807) is 12.1 Å². The van der Waals surface area contributed by atoms with Crippen molar-refractivity contribution in [2.75, 3.05) is 13.1 Å². The van der Waals surface area contributed by atoms with Gasteiger partial charge in [0.1, 0.15) is 11.9 Å². The smallest absolute Gasteiger partial charge is 0.255 e. The highest BCUT2D eigenvalue weighted by molar-refractivity contribution is 6.05. The number of nitrogens with zero attached hydrogens (tertiary/aromatic N) is 1. The summed E-state index contributed by atoms with van der Waals surface area (Å²) < 4.78 is 15.1. The molecule has 25 heavy (non-hydrogen) atoms. The summed E-state index contributed by atoms with van der Waals surface area (Å²) in [7, 11) is 0. The summed E-state index contributed by atoms with van der Waals surface area (Å²) in [6.07, 6.45) is 2.23. The van der Waals surface area contributed by atoms with Gasteiger partial charge in [-0.1, -0.05) is 6.07 Å². The Morgan fingerprint density at radius 3 is 2.56 bits per heavy atom. The molecule has 1 aromatic rings. The van der Waals surface area contributed by atoms with Crippen LogP contribution in [0.4, 0.5) is 4.39 Å². The van der Waals surface area contributed by atoms with E-state index in [-0.39, 0.29) is 42.9 Å². The summed E-state index contributed by atoms with van der Waals surface area (Å²) >= 11 is 0. The standard InChI is InChI=1S/C18H20FN3O3/c19-16-11(10-5-7-20-8-6-10)1-2-12-13(16)9-22(18(12)25)14-3-4-15(23)21-17(14)24/h1-2,10,14,20H,3-9H2,(H,21,23,24). The lowest BCUT2D eigenvalue weighted by Gasteiger charge is -2.29. The van der Waals surface area contributed by atoms with Gasteiger partial charge in [-0.15, -0.1) is 0 Å². The zero-order valence-electron chi connectivity index (χ0n) is 13.8. The van der Waals surface area contributed by atoms with Crippen LogP contribution in [0.2, 0.25) is 0 Å². The number of halogens is 1. The van der Waals surface area contributed by atoms with Crippen molar-refractivity contribution < 1.29 is 18.8 Å². The van der Waals surface area contributed by atoms with Crippen LogP contribution < -0.4 is 10.6 Å². The van der Waals surface area contributed by atoms with Gasteiger partial charge < -0.3 is 10.2 Å². The Morgan fingerprint density at radius 1 is 1.08 bits per heavy atom. The van der Waals surface area contributed by atoms with Crippen LogP contribution in [0.25, 0.3) is 0 Å². The molecule has 2 N–H and O–H groups in total. The lowest BCUT2D eigenvalue weighted by Crippen LogP contribution is -2.52. The van der Waals surface area contributed by atoms with Crippen LogP contribution in [0, 0.1) is 5.82 Å². The van der Waals surface area contributed by atoms with E-state index in [2.05, 4.69) is 10.6 Å². The minimum Gasteiger partial charge on any atom is -0.322 e. The molecule has 3 aliphatic heterocycles. The molecule has 3 heterocycles. The highest BCUT2D eigenvalue weighted by Crippen LogP contribution is 2.35. The van der Waals surface area contributed by atoms with Crippen LogP contribution in [0.3, 0.4) is 0 Å². The van der Waals surface area contributed by atoms with Crippen molar-refractivity contribution in [1.29, 1.82) is 0 Å². The lowest BCUT2D eigenvalue weighted by atomic mass is 9.88. The van der Waals surface area contributed by atoms with Crippen LogP contribution >= 0.6 is 0 Å². The molecule has 1 aromatic carbocycles. The number of hydrogen-bond acceptors (Lipinski definition) is 4. The Hall–Kier alpha value is -2.28. The highest BCUT2D eigenvalue weighted by Gasteiger charge is 2.40. The van der Waals surface area contributed by atoms with Crippen LogP contribution in [-0.2, 0) is 16.1 Å². The second-order valence-corrected chi connectivity index (χ2v) is 6.92. The number of rotatable bonds is 2. The van der Waals surface area contributed by atoms with Gasteiger partial charge in [-0.05, 0) is 49.9 Å². The summed E-state index contributed by atoms with van der Waals surface area (Å²) in [6, 6.07) is 2.69.